The van der Waals surface area contributed by atoms with E-state index in [0.29, 0.717) is 10.9 Å². The maximum Gasteiger partial charge on any atom is 0.143 e. The molecule has 0 atom stereocenters. The summed E-state index contributed by atoms with van der Waals surface area (Å²) in [4.78, 5) is 0. The molecular formula is C48H30O. The van der Waals surface area contributed by atoms with Crippen LogP contribution < -0.4 is 0 Å². The molecule has 0 bridgehead atoms. The van der Waals surface area contributed by atoms with Gasteiger partial charge in [0.2, 0.25) is 0 Å². The molecule has 0 radical (unpaired) electrons. The Bertz CT molecular complexity index is 3420. The van der Waals surface area contributed by atoms with Crippen molar-refractivity contribution in [1.82, 2.24) is 0 Å². The highest BCUT2D eigenvalue weighted by Gasteiger charge is 2.21. The summed E-state index contributed by atoms with van der Waals surface area (Å²) in [6, 6.07) is 32.3. The fourth-order valence-corrected chi connectivity index (χ4v) is 7.30. The normalized spacial score (nSPS) is 14.8. The highest BCUT2D eigenvalue weighted by molar-refractivity contribution is 6.24. The van der Waals surface area contributed by atoms with E-state index in [9.17, 15) is 2.74 Å². The lowest BCUT2D eigenvalue weighted by Crippen LogP contribution is -1.92. The molecule has 0 saturated carbocycles. The number of rotatable bonds is 4. The maximum absolute atomic E-state index is 9.33. The topological polar surface area (TPSA) is 13.1 Å². The van der Waals surface area contributed by atoms with Crippen molar-refractivity contribution < 1.29 is 19.5 Å². The van der Waals surface area contributed by atoms with Crippen molar-refractivity contribution >= 4 is 54.3 Å². The second-order valence-electron chi connectivity index (χ2n) is 11.9. The van der Waals surface area contributed by atoms with E-state index < -0.39 is 60.4 Å². The van der Waals surface area contributed by atoms with Gasteiger partial charge in [0.05, 0.1) is 15.1 Å². The molecule has 0 unspecified atom stereocenters. The highest BCUT2D eigenvalue weighted by Crippen LogP contribution is 2.47. The molecule has 49 heavy (non-hydrogen) atoms. The monoisotopic (exact) mass is 633 g/mol. The molecule has 10 aromatic rings. The predicted octanol–water partition coefficient (Wildman–Crippen LogP) is 13.7. The molecular weight excluding hydrogens is 593 g/mol. The smallest absolute Gasteiger partial charge is 0.143 e. The summed E-state index contributed by atoms with van der Waals surface area (Å²) in [6.07, 6.45) is 0. The lowest BCUT2D eigenvalue weighted by atomic mass is 9.83. The van der Waals surface area contributed by atoms with Crippen LogP contribution in [0, 0.1) is 0 Å². The van der Waals surface area contributed by atoms with Crippen LogP contribution in [0.2, 0.25) is 0 Å². The van der Waals surface area contributed by atoms with Gasteiger partial charge in [0.1, 0.15) is 11.2 Å². The second-order valence-corrected chi connectivity index (χ2v) is 11.9. The van der Waals surface area contributed by atoms with Crippen LogP contribution in [0.1, 0.15) is 15.1 Å². The van der Waals surface area contributed by atoms with E-state index in [1.807, 2.05) is 78.9 Å². The number of fused-ring (bicyclic) bond motifs is 6. The lowest BCUT2D eigenvalue weighted by Gasteiger charge is -2.19. The van der Waals surface area contributed by atoms with E-state index in [1.54, 1.807) is 0 Å². The quantitative estimate of drug-likeness (QED) is 0.176. The molecule has 1 heterocycles. The Labute approximate surface area is 299 Å². The first-order chi connectivity index (χ1) is 28.9. The van der Waals surface area contributed by atoms with Crippen molar-refractivity contribution in [3.63, 3.8) is 0 Å². The van der Waals surface area contributed by atoms with Gasteiger partial charge >= 0.3 is 0 Å². The van der Waals surface area contributed by atoms with Crippen LogP contribution in [-0.4, -0.2) is 0 Å². The molecule has 0 fully saturated rings. The van der Waals surface area contributed by atoms with Gasteiger partial charge in [-0.15, -0.1) is 0 Å². The van der Waals surface area contributed by atoms with Crippen LogP contribution in [-0.2, 0) is 0 Å². The number of para-hydroxylation sites is 1. The van der Waals surface area contributed by atoms with Crippen molar-refractivity contribution in [2.24, 2.45) is 0 Å². The summed E-state index contributed by atoms with van der Waals surface area (Å²) in [5, 5.41) is 5.63. The predicted molar refractivity (Wildman–Crippen MR) is 208 cm³/mol. The van der Waals surface area contributed by atoms with Gasteiger partial charge in [-0.25, -0.2) is 0 Å². The molecule has 228 valence electrons. The summed E-state index contributed by atoms with van der Waals surface area (Å²) in [7, 11) is 0. The van der Waals surface area contributed by atoms with Crippen LogP contribution in [0.15, 0.2) is 186 Å². The first kappa shape index (κ1) is 18.8. The standard InChI is InChI=1S/C48H30O/c1-3-15-31(16-4-1)33-25-14-28-44-47(33)43-27-13-26-42(48(43)49-44)36-29-30-41(35-20-8-7-19-34(35)36)46-39-23-11-9-21-37(39)45(32-17-5-2-6-18-32)38-22-10-12-24-40(38)46/h1-30H/i1D,3D,4D,13D,14D,15D,16D,25D,26D,27D,28D. The molecule has 1 nitrogen and oxygen atoms in total. The summed E-state index contributed by atoms with van der Waals surface area (Å²) in [5.74, 6) is 0. The fraction of sp³-hybridized carbons (Fsp3) is 0. The van der Waals surface area contributed by atoms with Gasteiger partial charge in [-0.3, -0.25) is 0 Å². The van der Waals surface area contributed by atoms with Crippen LogP contribution >= 0.6 is 0 Å². The Morgan fingerprint density at radius 3 is 1.59 bits per heavy atom. The van der Waals surface area contributed by atoms with Crippen molar-refractivity contribution in [2.75, 3.05) is 0 Å². The Kier molecular flexibility index (Phi) is 4.25. The van der Waals surface area contributed by atoms with Crippen LogP contribution in [0.25, 0.3) is 98.8 Å². The molecule has 0 aliphatic carbocycles. The first-order valence-electron chi connectivity index (χ1n) is 21.5. The van der Waals surface area contributed by atoms with E-state index in [1.165, 1.54) is 0 Å². The zero-order valence-corrected chi connectivity index (χ0v) is 25.9. The number of hydrogen-bond acceptors (Lipinski definition) is 1. The Morgan fingerprint density at radius 2 is 0.898 bits per heavy atom. The van der Waals surface area contributed by atoms with Gasteiger partial charge < -0.3 is 4.42 Å². The van der Waals surface area contributed by atoms with Crippen molar-refractivity contribution in [3.05, 3.63) is 182 Å². The first-order valence-corrected chi connectivity index (χ1v) is 16.0. The van der Waals surface area contributed by atoms with Crippen molar-refractivity contribution in [3.8, 4) is 44.5 Å². The van der Waals surface area contributed by atoms with Gasteiger partial charge in [-0.1, -0.05) is 176 Å². The average Bonchev–Trinajstić information content (AvgIpc) is 3.67. The molecule has 0 aliphatic heterocycles. The molecule has 1 heteroatoms. The van der Waals surface area contributed by atoms with E-state index in [0.717, 1.165) is 49.2 Å². The van der Waals surface area contributed by atoms with Gasteiger partial charge in [0.15, 0.2) is 0 Å². The highest BCUT2D eigenvalue weighted by atomic mass is 16.3. The largest absolute Gasteiger partial charge is 0.455 e. The molecule has 0 saturated heterocycles. The lowest BCUT2D eigenvalue weighted by molar-refractivity contribution is 0.670. The van der Waals surface area contributed by atoms with Crippen LogP contribution in [0.3, 0.4) is 0 Å². The van der Waals surface area contributed by atoms with Gasteiger partial charge in [-0.05, 0) is 77.3 Å². The molecule has 9 aromatic carbocycles. The van der Waals surface area contributed by atoms with E-state index >= 15 is 0 Å². The molecule has 0 amide bonds. The van der Waals surface area contributed by atoms with Crippen molar-refractivity contribution in [1.29, 1.82) is 0 Å². The van der Waals surface area contributed by atoms with E-state index in [2.05, 4.69) is 36.4 Å². The molecule has 0 spiro atoms. The third-order valence-electron chi connectivity index (χ3n) is 9.33. The average molecular weight is 634 g/mol. The second kappa shape index (κ2) is 11.1. The van der Waals surface area contributed by atoms with E-state index in [-0.39, 0.29) is 44.7 Å². The Morgan fingerprint density at radius 1 is 0.347 bits per heavy atom. The van der Waals surface area contributed by atoms with Crippen molar-refractivity contribution in [2.45, 2.75) is 0 Å². The SMILES string of the molecule is [2H]c1c([2H])c([2H])c(-c2c([2H])c([2H])c([2H])c3oc4c(-c5ccc(-c6c7ccccc7c(-c7ccccc7)c7ccccc67)c6ccccc56)c([2H])c([2H])c([2H])c4c23)c([2H])c1[2H]. The summed E-state index contributed by atoms with van der Waals surface area (Å²) < 4.78 is 103. The zero-order chi connectivity index (χ0) is 41.9. The minimum Gasteiger partial charge on any atom is -0.455 e. The fourth-order valence-electron chi connectivity index (χ4n) is 7.30. The third-order valence-corrected chi connectivity index (χ3v) is 9.33. The summed E-state index contributed by atoms with van der Waals surface area (Å²) >= 11 is 0. The maximum atomic E-state index is 9.33. The molecule has 0 N–H and O–H groups in total. The summed E-state index contributed by atoms with van der Waals surface area (Å²) in [5.41, 5.74) is 3.82. The van der Waals surface area contributed by atoms with Gasteiger partial charge in [-0.2, -0.15) is 0 Å². The minimum atomic E-state index is -0.656. The molecule has 10 rings (SSSR count). The summed E-state index contributed by atoms with van der Waals surface area (Å²) in [6.45, 7) is 0. The van der Waals surface area contributed by atoms with Crippen LogP contribution in [0.4, 0.5) is 0 Å². The third kappa shape index (κ3) is 4.26. The molecule has 1 aromatic heterocycles. The minimum absolute atomic E-state index is 0.0517. The van der Waals surface area contributed by atoms with E-state index in [4.69, 9.17) is 16.8 Å². The van der Waals surface area contributed by atoms with Crippen LogP contribution in [0.5, 0.6) is 0 Å². The van der Waals surface area contributed by atoms with Gasteiger partial charge in [0, 0.05) is 16.3 Å². The number of furan rings is 1. The Balaban J connectivity index is 1.32. The van der Waals surface area contributed by atoms with Gasteiger partial charge in [0.25, 0.3) is 0 Å². The number of hydrogen-bond donors (Lipinski definition) is 0. The molecule has 0 aliphatic rings. The Hall–Kier alpha value is -6.44. The number of benzene rings is 9. The zero-order valence-electron chi connectivity index (χ0n) is 36.9.